The van der Waals surface area contributed by atoms with Crippen molar-refractivity contribution in [1.29, 1.82) is 0 Å². The molecule has 134 valence electrons. The summed E-state index contributed by atoms with van der Waals surface area (Å²) in [6.45, 7) is 6.44. The van der Waals surface area contributed by atoms with E-state index in [-0.39, 0.29) is 0 Å². The van der Waals surface area contributed by atoms with Gasteiger partial charge in [0.25, 0.3) is 0 Å². The number of nitrogens with two attached hydrogens (primary N) is 1. The number of rotatable bonds is 7. The van der Waals surface area contributed by atoms with Crippen LogP contribution in [-0.2, 0) is 0 Å². The molecule has 1 aliphatic rings. The van der Waals surface area contributed by atoms with Gasteiger partial charge in [-0.2, -0.15) is 0 Å². The van der Waals surface area contributed by atoms with E-state index in [0.717, 1.165) is 24.2 Å². The van der Waals surface area contributed by atoms with E-state index in [1.165, 1.54) is 24.8 Å². The lowest BCUT2D eigenvalue weighted by atomic mass is 10.1. The fourth-order valence-electron chi connectivity index (χ4n) is 3.44. The summed E-state index contributed by atoms with van der Waals surface area (Å²) in [5.41, 5.74) is 5.97. The SMILES string of the molecule is CCN1CCCC1CN=C(N)NCCOc1cccc2ccccc12. The van der Waals surface area contributed by atoms with Gasteiger partial charge in [0.1, 0.15) is 12.4 Å². The Bertz CT molecular complexity index is 710. The molecule has 1 fully saturated rings. The first-order valence-corrected chi connectivity index (χ1v) is 9.16. The summed E-state index contributed by atoms with van der Waals surface area (Å²) in [6.07, 6.45) is 2.48. The Hall–Kier alpha value is -2.27. The highest BCUT2D eigenvalue weighted by molar-refractivity contribution is 5.88. The summed E-state index contributed by atoms with van der Waals surface area (Å²) in [5.74, 6) is 1.41. The fraction of sp³-hybridized carbons (Fsp3) is 0.450. The van der Waals surface area contributed by atoms with Crippen molar-refractivity contribution < 1.29 is 4.74 Å². The second kappa shape index (κ2) is 8.72. The van der Waals surface area contributed by atoms with Crippen LogP contribution in [0.5, 0.6) is 5.75 Å². The maximum absolute atomic E-state index is 5.97. The molecular weight excluding hydrogens is 312 g/mol. The van der Waals surface area contributed by atoms with Crippen LogP contribution in [0.25, 0.3) is 10.8 Å². The number of likely N-dealkylation sites (N-methyl/N-ethyl adjacent to an activating group) is 1. The molecule has 0 aromatic heterocycles. The van der Waals surface area contributed by atoms with Crippen LogP contribution in [-0.4, -0.2) is 49.7 Å². The molecule has 2 aromatic rings. The number of likely N-dealkylation sites (tertiary alicyclic amines) is 1. The Balaban J connectivity index is 1.44. The number of nitrogens with one attached hydrogen (secondary N) is 1. The van der Waals surface area contributed by atoms with Gasteiger partial charge in [-0.1, -0.05) is 43.3 Å². The predicted molar refractivity (Wildman–Crippen MR) is 104 cm³/mol. The van der Waals surface area contributed by atoms with Crippen molar-refractivity contribution in [2.75, 3.05) is 32.8 Å². The monoisotopic (exact) mass is 340 g/mol. The third-order valence-corrected chi connectivity index (χ3v) is 4.79. The van der Waals surface area contributed by atoms with Gasteiger partial charge in [0.15, 0.2) is 5.96 Å². The molecule has 3 N–H and O–H groups in total. The number of hydrogen-bond donors (Lipinski definition) is 2. The minimum Gasteiger partial charge on any atom is -0.491 e. The summed E-state index contributed by atoms with van der Waals surface area (Å²) in [7, 11) is 0. The normalized spacial score (nSPS) is 18.6. The zero-order valence-corrected chi connectivity index (χ0v) is 14.9. The predicted octanol–water partition coefficient (Wildman–Crippen LogP) is 2.61. The first-order valence-electron chi connectivity index (χ1n) is 9.16. The van der Waals surface area contributed by atoms with Gasteiger partial charge < -0.3 is 15.8 Å². The standard InChI is InChI=1S/C20H28N4O/c1-2-24-13-6-9-17(24)15-23-20(21)22-12-14-25-19-11-5-8-16-7-3-4-10-18(16)19/h3-5,7-8,10-11,17H,2,6,9,12-15H2,1H3,(H3,21,22,23). The molecule has 3 rings (SSSR count). The molecule has 1 unspecified atom stereocenters. The molecule has 5 nitrogen and oxygen atoms in total. The number of aliphatic imine (C=N–C) groups is 1. The Morgan fingerprint density at radius 3 is 3.00 bits per heavy atom. The molecule has 25 heavy (non-hydrogen) atoms. The molecule has 1 aliphatic heterocycles. The maximum Gasteiger partial charge on any atom is 0.188 e. The van der Waals surface area contributed by atoms with Gasteiger partial charge in [-0.15, -0.1) is 0 Å². The average molecular weight is 340 g/mol. The van der Waals surface area contributed by atoms with Crippen molar-refractivity contribution in [3.8, 4) is 5.75 Å². The lowest BCUT2D eigenvalue weighted by Gasteiger charge is -2.21. The van der Waals surface area contributed by atoms with Crippen molar-refractivity contribution in [1.82, 2.24) is 10.2 Å². The molecule has 0 aliphatic carbocycles. The zero-order valence-electron chi connectivity index (χ0n) is 14.9. The van der Waals surface area contributed by atoms with Crippen LogP contribution in [0.2, 0.25) is 0 Å². The van der Waals surface area contributed by atoms with Crippen molar-refractivity contribution in [3.05, 3.63) is 42.5 Å². The number of benzene rings is 2. The van der Waals surface area contributed by atoms with E-state index in [1.54, 1.807) is 0 Å². The Morgan fingerprint density at radius 2 is 2.12 bits per heavy atom. The summed E-state index contributed by atoms with van der Waals surface area (Å²) >= 11 is 0. The van der Waals surface area contributed by atoms with Crippen LogP contribution in [0.1, 0.15) is 19.8 Å². The summed E-state index contributed by atoms with van der Waals surface area (Å²) in [6, 6.07) is 14.9. The van der Waals surface area contributed by atoms with Crippen molar-refractivity contribution in [3.63, 3.8) is 0 Å². The van der Waals surface area contributed by atoms with Crippen molar-refractivity contribution >= 4 is 16.7 Å². The van der Waals surface area contributed by atoms with Gasteiger partial charge >= 0.3 is 0 Å². The number of hydrogen-bond acceptors (Lipinski definition) is 3. The Labute approximate surface area is 149 Å². The van der Waals surface area contributed by atoms with Gasteiger partial charge in [-0.05, 0) is 37.4 Å². The Morgan fingerprint density at radius 1 is 1.28 bits per heavy atom. The molecule has 2 aromatic carbocycles. The van der Waals surface area contributed by atoms with Crippen LogP contribution in [0.3, 0.4) is 0 Å². The third-order valence-electron chi connectivity index (χ3n) is 4.79. The van der Waals surface area contributed by atoms with E-state index in [0.29, 0.717) is 25.2 Å². The van der Waals surface area contributed by atoms with Gasteiger partial charge in [-0.25, -0.2) is 0 Å². The van der Waals surface area contributed by atoms with E-state index in [1.807, 2.05) is 24.3 Å². The fourth-order valence-corrected chi connectivity index (χ4v) is 3.44. The topological polar surface area (TPSA) is 62.9 Å². The molecule has 1 heterocycles. The van der Waals surface area contributed by atoms with Crippen LogP contribution in [0, 0.1) is 0 Å². The number of fused-ring (bicyclic) bond motifs is 1. The first kappa shape index (κ1) is 17.5. The highest BCUT2D eigenvalue weighted by atomic mass is 16.5. The molecule has 0 spiro atoms. The van der Waals surface area contributed by atoms with Crippen LogP contribution >= 0.6 is 0 Å². The van der Waals surface area contributed by atoms with E-state index in [2.05, 4.69) is 40.3 Å². The minimum atomic E-state index is 0.504. The van der Waals surface area contributed by atoms with Gasteiger partial charge in [0.05, 0.1) is 13.1 Å². The van der Waals surface area contributed by atoms with Gasteiger partial charge in [-0.3, -0.25) is 9.89 Å². The van der Waals surface area contributed by atoms with Gasteiger partial charge in [0, 0.05) is 11.4 Å². The van der Waals surface area contributed by atoms with Crippen LogP contribution < -0.4 is 15.8 Å². The number of nitrogens with zero attached hydrogens (tertiary/aromatic N) is 2. The zero-order chi connectivity index (χ0) is 17.5. The summed E-state index contributed by atoms with van der Waals surface area (Å²) < 4.78 is 5.90. The lowest BCUT2D eigenvalue weighted by Crippen LogP contribution is -2.37. The Kier molecular flexibility index (Phi) is 6.12. The largest absolute Gasteiger partial charge is 0.491 e. The molecule has 0 radical (unpaired) electrons. The van der Waals surface area contributed by atoms with Gasteiger partial charge in [0.2, 0.25) is 0 Å². The summed E-state index contributed by atoms with van der Waals surface area (Å²) in [4.78, 5) is 6.96. The summed E-state index contributed by atoms with van der Waals surface area (Å²) in [5, 5.41) is 5.46. The number of guanidine groups is 1. The molecule has 0 amide bonds. The quantitative estimate of drug-likeness (QED) is 0.462. The number of ether oxygens (including phenoxy) is 1. The van der Waals surface area contributed by atoms with Crippen LogP contribution in [0.15, 0.2) is 47.5 Å². The smallest absolute Gasteiger partial charge is 0.188 e. The van der Waals surface area contributed by atoms with Crippen molar-refractivity contribution in [2.24, 2.45) is 10.7 Å². The molecule has 5 heteroatoms. The first-order chi connectivity index (χ1) is 12.3. The highest BCUT2D eigenvalue weighted by Gasteiger charge is 2.22. The van der Waals surface area contributed by atoms with Crippen LogP contribution in [0.4, 0.5) is 0 Å². The molecule has 0 bridgehead atoms. The molecule has 1 atom stereocenters. The van der Waals surface area contributed by atoms with E-state index >= 15 is 0 Å². The lowest BCUT2D eigenvalue weighted by molar-refractivity contribution is 0.273. The van der Waals surface area contributed by atoms with E-state index in [9.17, 15) is 0 Å². The molecular formula is C20H28N4O. The minimum absolute atomic E-state index is 0.504. The van der Waals surface area contributed by atoms with E-state index in [4.69, 9.17) is 10.5 Å². The second-order valence-electron chi connectivity index (χ2n) is 6.40. The average Bonchev–Trinajstić information content (AvgIpc) is 3.11. The molecule has 1 saturated heterocycles. The van der Waals surface area contributed by atoms with E-state index < -0.39 is 0 Å². The third kappa shape index (κ3) is 4.63. The second-order valence-corrected chi connectivity index (χ2v) is 6.40. The molecule has 0 saturated carbocycles. The highest BCUT2D eigenvalue weighted by Crippen LogP contribution is 2.24. The van der Waals surface area contributed by atoms with Crippen molar-refractivity contribution in [2.45, 2.75) is 25.8 Å². The maximum atomic E-state index is 5.97.